The van der Waals surface area contributed by atoms with Crippen LogP contribution in [0.4, 0.5) is 0 Å². The first-order valence-electron chi connectivity index (χ1n) is 6.77. The predicted octanol–water partition coefficient (Wildman–Crippen LogP) is 4.77. The summed E-state index contributed by atoms with van der Waals surface area (Å²) in [5.74, 6) is 0.816. The van der Waals surface area contributed by atoms with E-state index < -0.39 is 0 Å². The van der Waals surface area contributed by atoms with Gasteiger partial charge < -0.3 is 4.74 Å². The zero-order valence-electron chi connectivity index (χ0n) is 11.5. The highest BCUT2D eigenvalue weighted by Gasteiger charge is 2.10. The van der Waals surface area contributed by atoms with Crippen molar-refractivity contribution in [2.45, 2.75) is 26.7 Å². The van der Waals surface area contributed by atoms with Crippen LogP contribution in [0.5, 0.6) is 5.06 Å². The Morgan fingerprint density at radius 2 is 1.80 bits per heavy atom. The molecular weight excluding hydrogens is 288 g/mol. The van der Waals surface area contributed by atoms with Crippen molar-refractivity contribution in [2.24, 2.45) is 0 Å². The summed E-state index contributed by atoms with van der Waals surface area (Å²) in [5.41, 5.74) is 1.20. The van der Waals surface area contributed by atoms with Crippen molar-refractivity contribution in [2.75, 3.05) is 6.61 Å². The molecule has 0 N–H and O–H groups in total. The van der Waals surface area contributed by atoms with E-state index in [1.54, 1.807) is 22.7 Å². The molecule has 3 heterocycles. The number of aromatic nitrogens is 2. The Balaban J connectivity index is 1.87. The van der Waals surface area contributed by atoms with E-state index >= 15 is 0 Å². The second-order valence-corrected chi connectivity index (χ2v) is 6.63. The maximum Gasteiger partial charge on any atom is 0.175 e. The van der Waals surface area contributed by atoms with Gasteiger partial charge in [-0.05, 0) is 25.0 Å². The van der Waals surface area contributed by atoms with E-state index in [1.165, 1.54) is 15.0 Å². The van der Waals surface area contributed by atoms with Gasteiger partial charge in [0, 0.05) is 27.9 Å². The molecule has 3 aromatic heterocycles. The van der Waals surface area contributed by atoms with Crippen molar-refractivity contribution in [1.82, 2.24) is 9.97 Å². The van der Waals surface area contributed by atoms with Crippen LogP contribution < -0.4 is 4.74 Å². The molecule has 0 saturated carbocycles. The van der Waals surface area contributed by atoms with Crippen molar-refractivity contribution in [1.29, 1.82) is 0 Å². The van der Waals surface area contributed by atoms with Crippen LogP contribution in [-0.2, 0) is 6.42 Å². The van der Waals surface area contributed by atoms with E-state index in [-0.39, 0.29) is 0 Å². The molecule has 0 saturated heterocycles. The molecule has 0 aliphatic rings. The minimum Gasteiger partial charge on any atom is -0.484 e. The molecule has 5 heteroatoms. The summed E-state index contributed by atoms with van der Waals surface area (Å²) in [6.45, 7) is 4.88. The molecule has 3 rings (SSSR count). The quantitative estimate of drug-likeness (QED) is 0.681. The number of rotatable bonds is 5. The number of thiophene rings is 2. The third kappa shape index (κ3) is 2.69. The zero-order chi connectivity index (χ0) is 13.9. The van der Waals surface area contributed by atoms with Gasteiger partial charge in [-0.3, -0.25) is 0 Å². The van der Waals surface area contributed by atoms with Crippen molar-refractivity contribution < 1.29 is 4.74 Å². The van der Waals surface area contributed by atoms with E-state index in [9.17, 15) is 0 Å². The van der Waals surface area contributed by atoms with E-state index in [1.807, 2.05) is 19.3 Å². The second kappa shape index (κ2) is 5.89. The molecule has 0 spiro atoms. The van der Waals surface area contributed by atoms with Gasteiger partial charge in [-0.1, -0.05) is 24.7 Å². The molecule has 0 atom stereocenters. The fraction of sp³-hybridized carbons (Fsp3) is 0.333. The highest BCUT2D eigenvalue weighted by Crippen LogP contribution is 2.40. The van der Waals surface area contributed by atoms with Crippen molar-refractivity contribution in [3.8, 4) is 15.8 Å². The smallest absolute Gasteiger partial charge is 0.175 e. The minimum absolute atomic E-state index is 0.711. The summed E-state index contributed by atoms with van der Waals surface area (Å²) in [6, 6.07) is 4.26. The standard InChI is InChI=1S/C15H16N2OS2/c1-3-5-10-8-16-15(17-9-10)13-6-11-12(19-13)7-14(20-11)18-4-2/h6-9H,3-5H2,1-2H3. The van der Waals surface area contributed by atoms with E-state index in [0.717, 1.165) is 28.6 Å². The van der Waals surface area contributed by atoms with Gasteiger partial charge in [-0.15, -0.1) is 11.3 Å². The number of nitrogens with zero attached hydrogens (tertiary/aromatic N) is 2. The van der Waals surface area contributed by atoms with Crippen LogP contribution in [0, 0.1) is 0 Å². The number of hydrogen-bond donors (Lipinski definition) is 0. The normalized spacial score (nSPS) is 11.1. The molecule has 0 aliphatic carbocycles. The molecule has 104 valence electrons. The Morgan fingerprint density at radius 1 is 1.05 bits per heavy atom. The third-order valence-corrected chi connectivity index (χ3v) is 5.14. The van der Waals surface area contributed by atoms with Gasteiger partial charge in [0.1, 0.15) is 0 Å². The summed E-state index contributed by atoms with van der Waals surface area (Å²) in [5, 5.41) is 0.986. The molecule has 0 aliphatic heterocycles. The largest absolute Gasteiger partial charge is 0.484 e. The summed E-state index contributed by atoms with van der Waals surface area (Å²) in [6.07, 6.45) is 6.03. The van der Waals surface area contributed by atoms with Gasteiger partial charge in [0.05, 0.1) is 11.5 Å². The number of hydrogen-bond acceptors (Lipinski definition) is 5. The van der Waals surface area contributed by atoms with Gasteiger partial charge in [0.25, 0.3) is 0 Å². The average Bonchev–Trinajstić information content (AvgIpc) is 2.98. The Labute approximate surface area is 126 Å². The van der Waals surface area contributed by atoms with Crippen LogP contribution in [0.25, 0.3) is 20.1 Å². The van der Waals surface area contributed by atoms with E-state index in [2.05, 4.69) is 29.0 Å². The highest BCUT2D eigenvalue weighted by atomic mass is 32.1. The molecule has 3 aromatic rings. The van der Waals surface area contributed by atoms with Crippen molar-refractivity contribution in [3.05, 3.63) is 30.1 Å². The van der Waals surface area contributed by atoms with Gasteiger partial charge in [0.15, 0.2) is 10.9 Å². The molecule has 0 aromatic carbocycles. The monoisotopic (exact) mass is 304 g/mol. The molecule has 0 radical (unpaired) electrons. The Bertz CT molecular complexity index is 669. The van der Waals surface area contributed by atoms with Gasteiger partial charge in [-0.2, -0.15) is 0 Å². The van der Waals surface area contributed by atoms with E-state index in [4.69, 9.17) is 4.74 Å². The fourth-order valence-corrected chi connectivity index (χ4v) is 4.28. The Hall–Kier alpha value is -1.46. The Morgan fingerprint density at radius 3 is 2.45 bits per heavy atom. The topological polar surface area (TPSA) is 35.0 Å². The lowest BCUT2D eigenvalue weighted by molar-refractivity contribution is 0.350. The van der Waals surface area contributed by atoms with Gasteiger partial charge >= 0.3 is 0 Å². The first kappa shape index (κ1) is 13.5. The fourth-order valence-electron chi connectivity index (χ4n) is 2.04. The molecule has 0 amide bonds. The van der Waals surface area contributed by atoms with Crippen LogP contribution in [-0.4, -0.2) is 16.6 Å². The first-order valence-corrected chi connectivity index (χ1v) is 8.41. The van der Waals surface area contributed by atoms with Crippen LogP contribution in [0.2, 0.25) is 0 Å². The number of ether oxygens (including phenoxy) is 1. The number of aryl methyl sites for hydroxylation is 1. The molecule has 20 heavy (non-hydrogen) atoms. The predicted molar refractivity (Wildman–Crippen MR) is 85.9 cm³/mol. The van der Waals surface area contributed by atoms with Gasteiger partial charge in [0.2, 0.25) is 0 Å². The maximum absolute atomic E-state index is 5.53. The molecule has 0 bridgehead atoms. The van der Waals surface area contributed by atoms with Crippen LogP contribution in [0.3, 0.4) is 0 Å². The van der Waals surface area contributed by atoms with Crippen LogP contribution in [0.15, 0.2) is 24.5 Å². The summed E-state index contributed by atoms with van der Waals surface area (Å²) >= 11 is 3.40. The Kier molecular flexibility index (Phi) is 3.98. The van der Waals surface area contributed by atoms with Crippen molar-refractivity contribution in [3.63, 3.8) is 0 Å². The van der Waals surface area contributed by atoms with Crippen LogP contribution in [0.1, 0.15) is 25.8 Å². The SMILES string of the molecule is CCCc1cnc(-c2cc3sc(OCC)cc3s2)nc1. The molecule has 0 fully saturated rings. The lowest BCUT2D eigenvalue weighted by atomic mass is 10.2. The highest BCUT2D eigenvalue weighted by molar-refractivity contribution is 7.30. The molecular formula is C15H16N2OS2. The second-order valence-electron chi connectivity index (χ2n) is 4.50. The summed E-state index contributed by atoms with van der Waals surface area (Å²) in [7, 11) is 0. The summed E-state index contributed by atoms with van der Waals surface area (Å²) < 4.78 is 8.02. The lowest BCUT2D eigenvalue weighted by Gasteiger charge is -1.99. The van der Waals surface area contributed by atoms with E-state index in [0.29, 0.717) is 6.61 Å². The average molecular weight is 304 g/mol. The van der Waals surface area contributed by atoms with Crippen molar-refractivity contribution >= 4 is 32.1 Å². The summed E-state index contributed by atoms with van der Waals surface area (Å²) in [4.78, 5) is 10.1. The van der Waals surface area contributed by atoms with Gasteiger partial charge in [-0.25, -0.2) is 9.97 Å². The third-order valence-electron chi connectivity index (χ3n) is 2.94. The molecule has 3 nitrogen and oxygen atoms in total. The molecule has 0 unspecified atom stereocenters. The maximum atomic E-state index is 5.53. The van der Waals surface area contributed by atoms with Crippen LogP contribution >= 0.6 is 22.7 Å². The number of fused-ring (bicyclic) bond motifs is 1. The zero-order valence-corrected chi connectivity index (χ0v) is 13.2. The lowest BCUT2D eigenvalue weighted by Crippen LogP contribution is -1.90. The minimum atomic E-state index is 0.711. The first-order chi connectivity index (χ1) is 9.80.